The Bertz CT molecular complexity index is 503. The van der Waals surface area contributed by atoms with E-state index in [2.05, 4.69) is 9.97 Å². The van der Waals surface area contributed by atoms with Crippen LogP contribution >= 0.6 is 23.2 Å². The highest BCUT2D eigenvalue weighted by Gasteiger charge is 2.19. The van der Waals surface area contributed by atoms with E-state index in [0.29, 0.717) is 16.0 Å². The third-order valence-corrected chi connectivity index (χ3v) is 4.26. The van der Waals surface area contributed by atoms with Crippen molar-refractivity contribution >= 4 is 34.2 Å². The number of aromatic nitrogens is 2. The van der Waals surface area contributed by atoms with Gasteiger partial charge in [0.15, 0.2) is 0 Å². The molecule has 17 heavy (non-hydrogen) atoms. The molecule has 0 bridgehead atoms. The maximum Gasteiger partial charge on any atom is 0.110 e. The summed E-state index contributed by atoms with van der Waals surface area (Å²) in [5, 5.41) is 1.15. The maximum absolute atomic E-state index is 6.00. The van der Waals surface area contributed by atoms with Gasteiger partial charge in [-0.15, -0.1) is 0 Å². The minimum Gasteiger partial charge on any atom is -0.342 e. The molecule has 1 aliphatic carbocycles. The normalized spacial score (nSPS) is 17.8. The van der Waals surface area contributed by atoms with Crippen molar-refractivity contribution in [3.05, 3.63) is 28.0 Å². The number of halogens is 2. The lowest BCUT2D eigenvalue weighted by molar-refractivity contribution is 0.431. The van der Waals surface area contributed by atoms with Crippen LogP contribution in [-0.4, -0.2) is 9.97 Å². The molecule has 1 fully saturated rings. The van der Waals surface area contributed by atoms with Crippen molar-refractivity contribution in [2.45, 2.75) is 38.0 Å². The lowest BCUT2D eigenvalue weighted by Crippen LogP contribution is -2.05. The average molecular weight is 269 g/mol. The van der Waals surface area contributed by atoms with Gasteiger partial charge in [-0.05, 0) is 25.0 Å². The highest BCUT2D eigenvalue weighted by atomic mass is 35.5. The van der Waals surface area contributed by atoms with E-state index in [-0.39, 0.29) is 0 Å². The fourth-order valence-corrected chi connectivity index (χ4v) is 2.92. The molecule has 0 radical (unpaired) electrons. The van der Waals surface area contributed by atoms with Crippen molar-refractivity contribution in [2.75, 3.05) is 0 Å². The molecule has 2 aromatic rings. The van der Waals surface area contributed by atoms with Gasteiger partial charge in [-0.2, -0.15) is 0 Å². The molecular formula is C13H14Cl2N2. The van der Waals surface area contributed by atoms with Crippen LogP contribution in [0.3, 0.4) is 0 Å². The average Bonchev–Trinajstić information content (AvgIpc) is 2.74. The number of hydrogen-bond donors (Lipinski definition) is 1. The monoisotopic (exact) mass is 268 g/mol. The van der Waals surface area contributed by atoms with Crippen LogP contribution in [0.25, 0.3) is 11.0 Å². The van der Waals surface area contributed by atoms with Crippen LogP contribution in [0.5, 0.6) is 0 Å². The number of imidazole rings is 1. The van der Waals surface area contributed by atoms with Crippen molar-refractivity contribution in [1.82, 2.24) is 9.97 Å². The molecule has 3 rings (SSSR count). The summed E-state index contributed by atoms with van der Waals surface area (Å²) in [5.41, 5.74) is 1.90. The van der Waals surface area contributed by atoms with Crippen LogP contribution in [0.1, 0.15) is 43.8 Å². The second-order valence-corrected chi connectivity index (χ2v) is 5.55. The Balaban J connectivity index is 2.00. The Labute approximate surface area is 110 Å². The Morgan fingerprint density at radius 1 is 1.06 bits per heavy atom. The molecular weight excluding hydrogens is 255 g/mol. The zero-order valence-electron chi connectivity index (χ0n) is 9.47. The Morgan fingerprint density at radius 2 is 1.76 bits per heavy atom. The molecule has 2 nitrogen and oxygen atoms in total. The maximum atomic E-state index is 6.00. The number of hydrogen-bond acceptors (Lipinski definition) is 1. The summed E-state index contributed by atoms with van der Waals surface area (Å²) < 4.78 is 0. The van der Waals surface area contributed by atoms with E-state index < -0.39 is 0 Å². The first kappa shape index (κ1) is 11.4. The van der Waals surface area contributed by atoms with Gasteiger partial charge >= 0.3 is 0 Å². The lowest BCUT2D eigenvalue weighted by Gasteiger charge is -2.18. The predicted octanol–water partition coefficient (Wildman–Crippen LogP) is 4.92. The second-order valence-electron chi connectivity index (χ2n) is 4.74. The van der Waals surface area contributed by atoms with Gasteiger partial charge < -0.3 is 4.98 Å². The summed E-state index contributed by atoms with van der Waals surface area (Å²) in [6.45, 7) is 0. The van der Waals surface area contributed by atoms with Crippen molar-refractivity contribution < 1.29 is 0 Å². The van der Waals surface area contributed by atoms with E-state index in [0.717, 1.165) is 16.9 Å². The predicted molar refractivity (Wildman–Crippen MR) is 71.9 cm³/mol. The van der Waals surface area contributed by atoms with Crippen LogP contribution < -0.4 is 0 Å². The SMILES string of the molecule is Clc1cc2nc(C3CCCCC3)[nH]c2cc1Cl. The number of nitrogens with one attached hydrogen (secondary N) is 1. The van der Waals surface area contributed by atoms with E-state index in [1.807, 2.05) is 12.1 Å². The molecule has 0 unspecified atom stereocenters. The molecule has 1 aromatic carbocycles. The van der Waals surface area contributed by atoms with Gasteiger partial charge in [0.25, 0.3) is 0 Å². The van der Waals surface area contributed by atoms with Crippen molar-refractivity contribution in [1.29, 1.82) is 0 Å². The minimum absolute atomic E-state index is 0.570. The van der Waals surface area contributed by atoms with Crippen molar-refractivity contribution in [3.8, 4) is 0 Å². The number of aromatic amines is 1. The van der Waals surface area contributed by atoms with Crippen LogP contribution in [-0.2, 0) is 0 Å². The second kappa shape index (κ2) is 4.51. The molecule has 0 aliphatic heterocycles. The minimum atomic E-state index is 0.570. The first-order valence-corrected chi connectivity index (χ1v) is 6.84. The zero-order chi connectivity index (χ0) is 11.8. The largest absolute Gasteiger partial charge is 0.342 e. The number of nitrogens with zero attached hydrogens (tertiary/aromatic N) is 1. The molecule has 1 aliphatic rings. The lowest BCUT2D eigenvalue weighted by atomic mass is 9.89. The summed E-state index contributed by atoms with van der Waals surface area (Å²) in [6.07, 6.45) is 6.45. The van der Waals surface area contributed by atoms with Crippen LogP contribution in [0.2, 0.25) is 10.0 Å². The molecule has 1 N–H and O–H groups in total. The number of benzene rings is 1. The zero-order valence-corrected chi connectivity index (χ0v) is 11.0. The van der Waals surface area contributed by atoms with E-state index >= 15 is 0 Å². The summed E-state index contributed by atoms with van der Waals surface area (Å²) >= 11 is 12.0. The number of fused-ring (bicyclic) bond motifs is 1. The van der Waals surface area contributed by atoms with E-state index in [1.165, 1.54) is 32.1 Å². The third kappa shape index (κ3) is 2.16. The molecule has 0 atom stereocenters. The topological polar surface area (TPSA) is 28.7 Å². The van der Waals surface area contributed by atoms with Gasteiger partial charge in [0.05, 0.1) is 21.1 Å². The van der Waals surface area contributed by atoms with Gasteiger partial charge in [-0.25, -0.2) is 4.98 Å². The molecule has 0 saturated heterocycles. The third-order valence-electron chi connectivity index (χ3n) is 3.53. The van der Waals surface area contributed by atoms with Gasteiger partial charge in [0.1, 0.15) is 5.82 Å². The molecule has 90 valence electrons. The smallest absolute Gasteiger partial charge is 0.110 e. The fourth-order valence-electron chi connectivity index (χ4n) is 2.59. The number of rotatable bonds is 1. The van der Waals surface area contributed by atoms with Gasteiger partial charge in [-0.3, -0.25) is 0 Å². The summed E-state index contributed by atoms with van der Waals surface area (Å²) in [5.74, 6) is 1.67. The van der Waals surface area contributed by atoms with Gasteiger partial charge in [-0.1, -0.05) is 42.5 Å². The summed E-state index contributed by atoms with van der Waals surface area (Å²) in [7, 11) is 0. The molecule has 1 heterocycles. The van der Waals surface area contributed by atoms with Crippen molar-refractivity contribution in [2.24, 2.45) is 0 Å². The van der Waals surface area contributed by atoms with E-state index in [1.54, 1.807) is 0 Å². The Kier molecular flexibility index (Phi) is 3.01. The van der Waals surface area contributed by atoms with E-state index in [4.69, 9.17) is 23.2 Å². The first-order chi connectivity index (χ1) is 8.24. The van der Waals surface area contributed by atoms with Crippen LogP contribution in [0.15, 0.2) is 12.1 Å². The van der Waals surface area contributed by atoms with Crippen LogP contribution in [0.4, 0.5) is 0 Å². The quantitative estimate of drug-likeness (QED) is 0.782. The highest BCUT2D eigenvalue weighted by molar-refractivity contribution is 6.42. The Morgan fingerprint density at radius 3 is 2.53 bits per heavy atom. The Hall–Kier alpha value is -0.730. The highest BCUT2D eigenvalue weighted by Crippen LogP contribution is 2.33. The molecule has 1 saturated carbocycles. The molecule has 0 spiro atoms. The van der Waals surface area contributed by atoms with Crippen LogP contribution in [0, 0.1) is 0 Å². The van der Waals surface area contributed by atoms with Gasteiger partial charge in [0, 0.05) is 5.92 Å². The fraction of sp³-hybridized carbons (Fsp3) is 0.462. The molecule has 4 heteroatoms. The van der Waals surface area contributed by atoms with E-state index in [9.17, 15) is 0 Å². The molecule has 1 aromatic heterocycles. The number of H-pyrrole nitrogens is 1. The summed E-state index contributed by atoms with van der Waals surface area (Å²) in [6, 6.07) is 3.70. The van der Waals surface area contributed by atoms with Crippen molar-refractivity contribution in [3.63, 3.8) is 0 Å². The molecule has 0 amide bonds. The first-order valence-electron chi connectivity index (χ1n) is 6.09. The summed E-state index contributed by atoms with van der Waals surface area (Å²) in [4.78, 5) is 8.02. The van der Waals surface area contributed by atoms with Gasteiger partial charge in [0.2, 0.25) is 0 Å². The standard InChI is InChI=1S/C13H14Cl2N2/c14-9-6-11-12(7-10(9)15)17-13(16-11)8-4-2-1-3-5-8/h6-8H,1-5H2,(H,16,17).